The van der Waals surface area contributed by atoms with Crippen LogP contribution in [0.25, 0.3) is 0 Å². The Balaban J connectivity index is 1.85. The minimum Gasteiger partial charge on any atom is -0.294 e. The Hall–Kier alpha value is -2.20. The molecule has 0 radical (unpaired) electrons. The number of nitrogens with zero attached hydrogens (tertiary/aromatic N) is 1. The number of hydrogen-bond acceptors (Lipinski definition) is 3. The molecule has 1 atom stereocenters. The summed E-state index contributed by atoms with van der Waals surface area (Å²) < 4.78 is 0. The highest BCUT2D eigenvalue weighted by molar-refractivity contribution is 7.08. The van der Waals surface area contributed by atoms with Crippen LogP contribution in [0, 0.1) is 6.92 Å². The van der Waals surface area contributed by atoms with Crippen molar-refractivity contribution in [2.75, 3.05) is 4.90 Å². The zero-order valence-corrected chi connectivity index (χ0v) is 14.4. The van der Waals surface area contributed by atoms with E-state index in [4.69, 9.17) is 0 Å². The molecule has 0 spiro atoms. The molecule has 0 unspecified atom stereocenters. The van der Waals surface area contributed by atoms with Crippen LogP contribution in [0.15, 0.2) is 52.4 Å². The van der Waals surface area contributed by atoms with Gasteiger partial charge in [0.05, 0.1) is 0 Å². The molecule has 1 aliphatic carbocycles. The van der Waals surface area contributed by atoms with E-state index >= 15 is 0 Å². The number of ketones is 1. The van der Waals surface area contributed by atoms with Crippen molar-refractivity contribution in [3.8, 4) is 0 Å². The van der Waals surface area contributed by atoms with Crippen molar-refractivity contribution in [3.05, 3.63) is 63.5 Å². The van der Waals surface area contributed by atoms with Crippen molar-refractivity contribution in [1.29, 1.82) is 0 Å². The smallest absolute Gasteiger partial charge is 0.232 e. The van der Waals surface area contributed by atoms with E-state index in [0.29, 0.717) is 12.8 Å². The molecular formula is C20H19NO2S. The van der Waals surface area contributed by atoms with Gasteiger partial charge in [-0.2, -0.15) is 11.3 Å². The number of benzene rings is 1. The van der Waals surface area contributed by atoms with E-state index in [1.165, 1.54) is 0 Å². The third-order valence-corrected chi connectivity index (χ3v) is 5.61. The maximum atomic E-state index is 12.9. The fourth-order valence-corrected chi connectivity index (χ4v) is 4.46. The van der Waals surface area contributed by atoms with Gasteiger partial charge in [-0.05, 0) is 54.3 Å². The number of rotatable bonds is 2. The quantitative estimate of drug-likeness (QED) is 0.804. The molecule has 1 aliphatic heterocycles. The minimum absolute atomic E-state index is 0.0757. The maximum absolute atomic E-state index is 12.9. The van der Waals surface area contributed by atoms with Crippen molar-refractivity contribution in [2.45, 2.75) is 38.5 Å². The maximum Gasteiger partial charge on any atom is 0.232 e. The van der Waals surface area contributed by atoms with Crippen LogP contribution in [-0.4, -0.2) is 11.7 Å². The zero-order chi connectivity index (χ0) is 16.7. The first-order valence-corrected chi connectivity index (χ1v) is 9.27. The average molecular weight is 337 g/mol. The van der Waals surface area contributed by atoms with E-state index in [9.17, 15) is 9.59 Å². The number of hydrogen-bond donors (Lipinski definition) is 0. The Morgan fingerprint density at radius 1 is 1.08 bits per heavy atom. The molecule has 3 nitrogen and oxygen atoms in total. The first-order valence-electron chi connectivity index (χ1n) is 8.33. The summed E-state index contributed by atoms with van der Waals surface area (Å²) in [7, 11) is 0. The number of aryl methyl sites for hydroxylation is 1. The molecular weight excluding hydrogens is 318 g/mol. The number of amides is 1. The first kappa shape index (κ1) is 15.3. The summed E-state index contributed by atoms with van der Waals surface area (Å²) in [6, 6.07) is 10.0. The Labute approximate surface area is 145 Å². The summed E-state index contributed by atoms with van der Waals surface area (Å²) in [6.07, 6.45) is 2.58. The molecule has 1 amide bonds. The van der Waals surface area contributed by atoms with Crippen molar-refractivity contribution >= 4 is 28.7 Å². The topological polar surface area (TPSA) is 37.4 Å². The number of thiophene rings is 1. The van der Waals surface area contributed by atoms with Crippen molar-refractivity contribution in [2.24, 2.45) is 0 Å². The van der Waals surface area contributed by atoms with Gasteiger partial charge in [0.25, 0.3) is 0 Å². The fourth-order valence-electron chi connectivity index (χ4n) is 3.74. The molecule has 0 bridgehead atoms. The third kappa shape index (κ3) is 2.51. The molecule has 2 aromatic rings. The molecule has 122 valence electrons. The van der Waals surface area contributed by atoms with Gasteiger partial charge in [0, 0.05) is 35.7 Å². The second kappa shape index (κ2) is 6.02. The van der Waals surface area contributed by atoms with Gasteiger partial charge in [0.1, 0.15) is 0 Å². The van der Waals surface area contributed by atoms with Crippen LogP contribution in [0.5, 0.6) is 0 Å². The number of anilines is 1. The standard InChI is InChI=1S/C20H19NO2S/c1-13-5-7-15(8-6-13)21-17-3-2-4-18(22)20(17)16(11-19(21)23)14-9-10-24-12-14/h5-10,12,16H,2-4,11H2,1H3/t16-/m0/s1. The highest BCUT2D eigenvalue weighted by Gasteiger charge is 2.39. The van der Waals surface area contributed by atoms with Gasteiger partial charge in [-0.1, -0.05) is 17.7 Å². The Bertz CT molecular complexity index is 818. The summed E-state index contributed by atoms with van der Waals surface area (Å²) in [5, 5.41) is 4.08. The van der Waals surface area contributed by atoms with Crippen LogP contribution in [0.3, 0.4) is 0 Å². The minimum atomic E-state index is -0.0757. The fraction of sp³-hybridized carbons (Fsp3) is 0.300. The van der Waals surface area contributed by atoms with Crippen LogP contribution in [0.2, 0.25) is 0 Å². The van der Waals surface area contributed by atoms with E-state index in [0.717, 1.165) is 40.9 Å². The SMILES string of the molecule is Cc1ccc(N2C(=O)C[C@@H](c3ccsc3)C3=C2CCCC3=O)cc1. The predicted octanol–water partition coefficient (Wildman–Crippen LogP) is 4.58. The lowest BCUT2D eigenvalue weighted by Gasteiger charge is -2.38. The highest BCUT2D eigenvalue weighted by atomic mass is 32.1. The monoisotopic (exact) mass is 337 g/mol. The van der Waals surface area contributed by atoms with E-state index in [-0.39, 0.29) is 17.6 Å². The predicted molar refractivity (Wildman–Crippen MR) is 96.2 cm³/mol. The molecule has 24 heavy (non-hydrogen) atoms. The Kier molecular flexibility index (Phi) is 3.85. The first-order chi connectivity index (χ1) is 11.6. The van der Waals surface area contributed by atoms with E-state index in [1.54, 1.807) is 16.2 Å². The van der Waals surface area contributed by atoms with Crippen molar-refractivity contribution < 1.29 is 9.59 Å². The van der Waals surface area contributed by atoms with E-state index in [1.807, 2.05) is 42.6 Å². The van der Waals surface area contributed by atoms with Crippen molar-refractivity contribution in [1.82, 2.24) is 0 Å². The lowest BCUT2D eigenvalue weighted by molar-refractivity contribution is -0.119. The number of Topliss-reactive ketones (excluding diaryl/α,β-unsaturated/α-hetero) is 1. The van der Waals surface area contributed by atoms with Crippen LogP contribution in [-0.2, 0) is 9.59 Å². The molecule has 4 rings (SSSR count). The molecule has 0 fully saturated rings. The van der Waals surface area contributed by atoms with Crippen LogP contribution >= 0.6 is 11.3 Å². The molecule has 4 heteroatoms. The summed E-state index contributed by atoms with van der Waals surface area (Å²) >= 11 is 1.62. The van der Waals surface area contributed by atoms with Crippen LogP contribution in [0.1, 0.15) is 42.7 Å². The molecule has 0 N–H and O–H groups in total. The molecule has 2 heterocycles. The van der Waals surface area contributed by atoms with Gasteiger partial charge in [-0.25, -0.2) is 0 Å². The Morgan fingerprint density at radius 3 is 2.58 bits per heavy atom. The van der Waals surface area contributed by atoms with Crippen molar-refractivity contribution in [3.63, 3.8) is 0 Å². The van der Waals surface area contributed by atoms with Gasteiger partial charge in [0.2, 0.25) is 5.91 Å². The second-order valence-electron chi connectivity index (χ2n) is 6.52. The Morgan fingerprint density at radius 2 is 1.88 bits per heavy atom. The molecule has 2 aliphatic rings. The lowest BCUT2D eigenvalue weighted by Crippen LogP contribution is -2.40. The summed E-state index contributed by atoms with van der Waals surface area (Å²) in [5.74, 6) is 0.216. The van der Waals surface area contributed by atoms with E-state index < -0.39 is 0 Å². The van der Waals surface area contributed by atoms with Gasteiger partial charge >= 0.3 is 0 Å². The second-order valence-corrected chi connectivity index (χ2v) is 7.30. The molecule has 1 aromatic heterocycles. The number of carbonyl (C=O) groups is 2. The summed E-state index contributed by atoms with van der Waals surface area (Å²) in [6.45, 7) is 2.03. The summed E-state index contributed by atoms with van der Waals surface area (Å²) in [5.41, 5.74) is 4.91. The summed E-state index contributed by atoms with van der Waals surface area (Å²) in [4.78, 5) is 27.4. The normalized spacial score (nSPS) is 21.2. The number of allylic oxidation sites excluding steroid dienone is 2. The van der Waals surface area contributed by atoms with Gasteiger partial charge < -0.3 is 0 Å². The van der Waals surface area contributed by atoms with Gasteiger partial charge in [-0.15, -0.1) is 0 Å². The lowest BCUT2D eigenvalue weighted by atomic mass is 9.78. The van der Waals surface area contributed by atoms with Crippen LogP contribution in [0.4, 0.5) is 5.69 Å². The molecule has 0 saturated carbocycles. The average Bonchev–Trinajstić information content (AvgIpc) is 3.10. The highest BCUT2D eigenvalue weighted by Crippen LogP contribution is 2.43. The molecule has 0 saturated heterocycles. The number of carbonyl (C=O) groups excluding carboxylic acids is 2. The van der Waals surface area contributed by atoms with Gasteiger partial charge in [-0.3, -0.25) is 14.5 Å². The largest absolute Gasteiger partial charge is 0.294 e. The zero-order valence-electron chi connectivity index (χ0n) is 13.6. The third-order valence-electron chi connectivity index (χ3n) is 4.91. The van der Waals surface area contributed by atoms with Crippen LogP contribution < -0.4 is 4.90 Å². The molecule has 1 aromatic carbocycles. The van der Waals surface area contributed by atoms with E-state index in [2.05, 4.69) is 5.38 Å². The van der Waals surface area contributed by atoms with Gasteiger partial charge in [0.15, 0.2) is 5.78 Å².